The first kappa shape index (κ1) is 11.1. The van der Waals surface area contributed by atoms with E-state index in [0.717, 1.165) is 0 Å². The van der Waals surface area contributed by atoms with Crippen LogP contribution in [0.2, 0.25) is 0 Å². The van der Waals surface area contributed by atoms with Crippen molar-refractivity contribution in [3.63, 3.8) is 0 Å². The minimum atomic E-state index is -0.492. The van der Waals surface area contributed by atoms with Gasteiger partial charge in [0.1, 0.15) is 5.82 Å². The molecule has 0 heterocycles. The Balaban J connectivity index is 2.92. The van der Waals surface area contributed by atoms with Crippen LogP contribution in [-0.2, 0) is 0 Å². The summed E-state index contributed by atoms with van der Waals surface area (Å²) in [6, 6.07) is 4.69. The molecule has 76 valence electrons. The van der Waals surface area contributed by atoms with Gasteiger partial charge in [-0.3, -0.25) is 5.43 Å². The number of benzene rings is 1. The van der Waals surface area contributed by atoms with Crippen LogP contribution in [0.5, 0.6) is 0 Å². The number of hydrogen-bond donors (Lipinski definition) is 2. The molecule has 3 nitrogen and oxygen atoms in total. The van der Waals surface area contributed by atoms with Gasteiger partial charge in [-0.15, -0.1) is 6.42 Å². The summed E-state index contributed by atoms with van der Waals surface area (Å²) in [6.45, 7) is 0. The molecule has 0 atom stereocenters. The summed E-state index contributed by atoms with van der Waals surface area (Å²) in [7, 11) is 0. The maximum Gasteiger partial charge on any atom is 0.184 e. The fourth-order valence-corrected chi connectivity index (χ4v) is 0.979. The van der Waals surface area contributed by atoms with E-state index in [-0.39, 0.29) is 16.2 Å². The van der Waals surface area contributed by atoms with E-state index in [1.807, 2.05) is 0 Å². The van der Waals surface area contributed by atoms with Crippen LogP contribution in [0, 0.1) is 18.2 Å². The average molecular weight is 221 g/mol. The van der Waals surface area contributed by atoms with Gasteiger partial charge in [0.05, 0.1) is 11.8 Å². The molecule has 0 saturated carbocycles. The lowest BCUT2D eigenvalue weighted by Crippen LogP contribution is -2.24. The topological polar surface area (TPSA) is 50.4 Å². The normalized spacial score (nSPS) is 9.87. The molecular formula is C10H8FN3S. The molecule has 0 aliphatic heterocycles. The zero-order valence-electron chi connectivity index (χ0n) is 7.70. The Morgan fingerprint density at radius 2 is 2.40 bits per heavy atom. The molecule has 5 heteroatoms. The summed E-state index contributed by atoms with van der Waals surface area (Å²) in [5.41, 5.74) is 7.91. The third kappa shape index (κ3) is 3.04. The largest absolute Gasteiger partial charge is 0.375 e. The maximum absolute atomic E-state index is 13.5. The SMILES string of the molecule is C#Cc1cccc(C=NNC(N)=S)c1F. The number of nitrogens with two attached hydrogens (primary N) is 1. The van der Waals surface area contributed by atoms with Crippen LogP contribution in [0.4, 0.5) is 4.39 Å². The smallest absolute Gasteiger partial charge is 0.184 e. The Hall–Kier alpha value is -1.93. The van der Waals surface area contributed by atoms with Crippen molar-refractivity contribution in [3.05, 3.63) is 35.1 Å². The molecule has 1 aromatic carbocycles. The van der Waals surface area contributed by atoms with Gasteiger partial charge in [0.25, 0.3) is 0 Å². The first-order chi connectivity index (χ1) is 7.15. The van der Waals surface area contributed by atoms with E-state index in [4.69, 9.17) is 12.2 Å². The Kier molecular flexibility index (Phi) is 3.77. The zero-order chi connectivity index (χ0) is 11.3. The lowest BCUT2D eigenvalue weighted by atomic mass is 10.1. The minimum absolute atomic E-state index is 0.0137. The number of halogens is 1. The monoisotopic (exact) mass is 221 g/mol. The van der Waals surface area contributed by atoms with Crippen molar-refractivity contribution in [1.82, 2.24) is 5.43 Å². The number of hydrazone groups is 1. The van der Waals surface area contributed by atoms with Gasteiger partial charge in [-0.1, -0.05) is 18.1 Å². The molecular weight excluding hydrogens is 213 g/mol. The van der Waals surface area contributed by atoms with Gasteiger partial charge in [-0.2, -0.15) is 5.10 Å². The molecule has 0 aromatic heterocycles. The fraction of sp³-hybridized carbons (Fsp3) is 0. The molecule has 0 radical (unpaired) electrons. The van der Waals surface area contributed by atoms with Crippen molar-refractivity contribution < 1.29 is 4.39 Å². The molecule has 15 heavy (non-hydrogen) atoms. The minimum Gasteiger partial charge on any atom is -0.375 e. The van der Waals surface area contributed by atoms with Crippen LogP contribution < -0.4 is 11.2 Å². The van der Waals surface area contributed by atoms with Crippen molar-refractivity contribution in [2.24, 2.45) is 10.8 Å². The van der Waals surface area contributed by atoms with Crippen LogP contribution in [-0.4, -0.2) is 11.3 Å². The van der Waals surface area contributed by atoms with Gasteiger partial charge in [0, 0.05) is 5.56 Å². The predicted molar refractivity (Wildman–Crippen MR) is 61.9 cm³/mol. The lowest BCUT2D eigenvalue weighted by molar-refractivity contribution is 0.622. The Bertz CT molecular complexity index is 448. The van der Waals surface area contributed by atoms with E-state index in [1.165, 1.54) is 12.3 Å². The predicted octanol–water partition coefficient (Wildman–Crippen LogP) is 0.974. The maximum atomic E-state index is 13.5. The van der Waals surface area contributed by atoms with Crippen molar-refractivity contribution in [3.8, 4) is 12.3 Å². The summed E-state index contributed by atoms with van der Waals surface area (Å²) >= 11 is 4.52. The van der Waals surface area contributed by atoms with Gasteiger partial charge in [-0.05, 0) is 18.3 Å². The number of hydrogen-bond acceptors (Lipinski definition) is 2. The number of terminal acetylenes is 1. The molecule has 0 spiro atoms. The van der Waals surface area contributed by atoms with Crippen molar-refractivity contribution in [2.75, 3.05) is 0 Å². The highest BCUT2D eigenvalue weighted by Gasteiger charge is 2.03. The van der Waals surface area contributed by atoms with E-state index < -0.39 is 5.82 Å². The Morgan fingerprint density at radius 3 is 3.00 bits per heavy atom. The summed E-state index contributed by atoms with van der Waals surface area (Å²) < 4.78 is 13.5. The van der Waals surface area contributed by atoms with Gasteiger partial charge in [0.2, 0.25) is 0 Å². The number of thiocarbonyl (C=S) groups is 1. The lowest BCUT2D eigenvalue weighted by Gasteiger charge is -1.99. The zero-order valence-corrected chi connectivity index (χ0v) is 8.51. The molecule has 0 bridgehead atoms. The second kappa shape index (κ2) is 5.08. The number of rotatable bonds is 2. The highest BCUT2D eigenvalue weighted by atomic mass is 32.1. The van der Waals surface area contributed by atoms with Crippen molar-refractivity contribution in [2.45, 2.75) is 0 Å². The van der Waals surface area contributed by atoms with Crippen LogP contribution in [0.1, 0.15) is 11.1 Å². The van der Waals surface area contributed by atoms with Gasteiger partial charge >= 0.3 is 0 Å². The molecule has 0 fully saturated rings. The van der Waals surface area contributed by atoms with Gasteiger partial charge < -0.3 is 5.73 Å². The highest BCUT2D eigenvalue weighted by molar-refractivity contribution is 7.80. The Labute approximate surface area is 92.2 Å². The molecule has 0 saturated heterocycles. The molecule has 3 N–H and O–H groups in total. The van der Waals surface area contributed by atoms with Crippen LogP contribution >= 0.6 is 12.2 Å². The van der Waals surface area contributed by atoms with Crippen LogP contribution in [0.3, 0.4) is 0 Å². The summed E-state index contributed by atoms with van der Waals surface area (Å²) in [6.07, 6.45) is 6.36. The quantitative estimate of drug-likeness (QED) is 0.339. The highest BCUT2D eigenvalue weighted by Crippen LogP contribution is 2.09. The standard InChI is InChI=1S/C10H8FN3S/c1-2-7-4-3-5-8(9(7)11)6-13-14-10(12)15/h1,3-6H,(H3,12,14,15). The summed E-state index contributed by atoms with van der Waals surface area (Å²) in [5, 5.41) is 3.64. The van der Waals surface area contributed by atoms with Gasteiger partial charge in [0.15, 0.2) is 5.11 Å². The third-order valence-electron chi connectivity index (χ3n) is 1.56. The first-order valence-electron chi connectivity index (χ1n) is 3.98. The van der Waals surface area contributed by atoms with Crippen molar-refractivity contribution in [1.29, 1.82) is 0 Å². The van der Waals surface area contributed by atoms with Gasteiger partial charge in [-0.25, -0.2) is 4.39 Å². The second-order valence-electron chi connectivity index (χ2n) is 2.59. The first-order valence-corrected chi connectivity index (χ1v) is 4.39. The molecule has 0 amide bonds. The molecule has 0 aliphatic rings. The second-order valence-corrected chi connectivity index (χ2v) is 3.03. The fourth-order valence-electron chi connectivity index (χ4n) is 0.926. The number of nitrogens with one attached hydrogen (secondary N) is 1. The molecule has 1 aromatic rings. The molecule has 1 rings (SSSR count). The summed E-state index contributed by atoms with van der Waals surface area (Å²) in [5.74, 6) is 1.74. The average Bonchev–Trinajstić information content (AvgIpc) is 2.20. The van der Waals surface area contributed by atoms with E-state index >= 15 is 0 Å². The van der Waals surface area contributed by atoms with Crippen molar-refractivity contribution >= 4 is 23.5 Å². The Morgan fingerprint density at radius 1 is 1.67 bits per heavy atom. The summed E-state index contributed by atoms with van der Waals surface area (Å²) in [4.78, 5) is 0. The van der Waals surface area contributed by atoms with Crippen LogP contribution in [0.15, 0.2) is 23.3 Å². The molecule has 0 unspecified atom stereocenters. The third-order valence-corrected chi connectivity index (χ3v) is 1.65. The number of nitrogens with zero attached hydrogens (tertiary/aromatic N) is 1. The van der Waals surface area contributed by atoms with E-state index in [2.05, 4.69) is 28.7 Å². The van der Waals surface area contributed by atoms with Crippen LogP contribution in [0.25, 0.3) is 0 Å². The van der Waals surface area contributed by atoms with E-state index in [1.54, 1.807) is 12.1 Å². The van der Waals surface area contributed by atoms with E-state index in [0.29, 0.717) is 0 Å². The van der Waals surface area contributed by atoms with E-state index in [9.17, 15) is 4.39 Å². The molecule has 0 aliphatic carbocycles.